The lowest BCUT2D eigenvalue weighted by Crippen LogP contribution is -2.24. The SMILES string of the molecule is CC(=O)Nc1ccc(CCNC(=O)C=C(C)CCc2ccccc2)cc1. The first-order valence-corrected chi connectivity index (χ1v) is 8.88. The van der Waals surface area contributed by atoms with Crippen LogP contribution in [-0.4, -0.2) is 18.4 Å². The van der Waals surface area contributed by atoms with E-state index in [2.05, 4.69) is 22.8 Å². The summed E-state index contributed by atoms with van der Waals surface area (Å²) in [5.41, 5.74) is 4.25. The van der Waals surface area contributed by atoms with Crippen LogP contribution < -0.4 is 10.6 Å². The van der Waals surface area contributed by atoms with Crippen molar-refractivity contribution in [3.8, 4) is 0 Å². The van der Waals surface area contributed by atoms with E-state index in [0.29, 0.717) is 6.54 Å². The van der Waals surface area contributed by atoms with Gasteiger partial charge in [0.15, 0.2) is 0 Å². The molecule has 0 aliphatic rings. The largest absolute Gasteiger partial charge is 0.352 e. The molecule has 26 heavy (non-hydrogen) atoms. The number of carbonyl (C=O) groups excluding carboxylic acids is 2. The molecule has 4 heteroatoms. The zero-order valence-electron chi connectivity index (χ0n) is 15.4. The number of hydrogen-bond acceptors (Lipinski definition) is 2. The molecule has 0 bridgehead atoms. The van der Waals surface area contributed by atoms with Crippen LogP contribution in [0.1, 0.15) is 31.4 Å². The fourth-order valence-electron chi connectivity index (χ4n) is 2.62. The molecular weight excluding hydrogens is 324 g/mol. The van der Waals surface area contributed by atoms with Crippen LogP contribution in [0, 0.1) is 0 Å². The Hall–Kier alpha value is -2.88. The maximum absolute atomic E-state index is 12.0. The van der Waals surface area contributed by atoms with Crippen LogP contribution in [0.4, 0.5) is 5.69 Å². The second-order valence-corrected chi connectivity index (χ2v) is 6.40. The van der Waals surface area contributed by atoms with Crippen molar-refractivity contribution in [2.45, 2.75) is 33.1 Å². The molecule has 136 valence electrons. The van der Waals surface area contributed by atoms with Gasteiger partial charge < -0.3 is 10.6 Å². The minimum Gasteiger partial charge on any atom is -0.352 e. The lowest BCUT2D eigenvalue weighted by atomic mass is 10.1. The highest BCUT2D eigenvalue weighted by atomic mass is 16.2. The Kier molecular flexibility index (Phi) is 7.62. The average Bonchev–Trinajstić information content (AvgIpc) is 2.62. The van der Waals surface area contributed by atoms with Crippen LogP contribution in [0.15, 0.2) is 66.2 Å². The summed E-state index contributed by atoms with van der Waals surface area (Å²) >= 11 is 0. The van der Waals surface area contributed by atoms with Crippen LogP contribution >= 0.6 is 0 Å². The first kappa shape index (κ1) is 19.4. The van der Waals surface area contributed by atoms with Gasteiger partial charge in [0.05, 0.1) is 0 Å². The minimum absolute atomic E-state index is 0.0505. The fourth-order valence-corrected chi connectivity index (χ4v) is 2.62. The average molecular weight is 350 g/mol. The molecule has 0 aliphatic carbocycles. The number of carbonyl (C=O) groups is 2. The summed E-state index contributed by atoms with van der Waals surface area (Å²) < 4.78 is 0. The highest BCUT2D eigenvalue weighted by Gasteiger charge is 2.01. The van der Waals surface area contributed by atoms with E-state index in [0.717, 1.165) is 36.1 Å². The number of allylic oxidation sites excluding steroid dienone is 1. The van der Waals surface area contributed by atoms with E-state index < -0.39 is 0 Å². The van der Waals surface area contributed by atoms with Gasteiger partial charge in [0.25, 0.3) is 0 Å². The summed E-state index contributed by atoms with van der Waals surface area (Å²) in [7, 11) is 0. The standard InChI is InChI=1S/C22H26N2O2/c1-17(8-9-19-6-4-3-5-7-19)16-22(26)23-15-14-20-10-12-21(13-11-20)24-18(2)25/h3-7,10-13,16H,8-9,14-15H2,1-2H3,(H,23,26)(H,24,25). The predicted octanol–water partition coefficient (Wildman–Crippen LogP) is 3.88. The molecule has 0 aromatic heterocycles. The van der Waals surface area contributed by atoms with Gasteiger partial charge in [-0.2, -0.15) is 0 Å². The van der Waals surface area contributed by atoms with Crippen molar-refractivity contribution in [3.05, 3.63) is 77.4 Å². The Morgan fingerprint density at radius 2 is 1.54 bits per heavy atom. The quantitative estimate of drug-likeness (QED) is 0.710. The van der Waals surface area contributed by atoms with Gasteiger partial charge in [0.2, 0.25) is 11.8 Å². The highest BCUT2D eigenvalue weighted by molar-refractivity contribution is 5.88. The topological polar surface area (TPSA) is 58.2 Å². The molecule has 0 spiro atoms. The maximum Gasteiger partial charge on any atom is 0.243 e. The van der Waals surface area contributed by atoms with Crippen LogP contribution in [0.3, 0.4) is 0 Å². The first-order chi connectivity index (χ1) is 12.5. The normalized spacial score (nSPS) is 11.1. The van der Waals surface area contributed by atoms with E-state index in [9.17, 15) is 9.59 Å². The molecule has 0 radical (unpaired) electrons. The smallest absolute Gasteiger partial charge is 0.243 e. The second-order valence-electron chi connectivity index (χ2n) is 6.40. The van der Waals surface area contributed by atoms with Crippen molar-refractivity contribution in [3.63, 3.8) is 0 Å². The fraction of sp³-hybridized carbons (Fsp3) is 0.273. The number of rotatable bonds is 8. The van der Waals surface area contributed by atoms with Crippen LogP contribution in [-0.2, 0) is 22.4 Å². The molecule has 0 aliphatic heterocycles. The molecule has 2 aromatic carbocycles. The van der Waals surface area contributed by atoms with Gasteiger partial charge in [-0.3, -0.25) is 9.59 Å². The molecule has 0 saturated carbocycles. The number of benzene rings is 2. The first-order valence-electron chi connectivity index (χ1n) is 8.88. The van der Waals surface area contributed by atoms with Crippen molar-refractivity contribution in [1.29, 1.82) is 0 Å². The summed E-state index contributed by atoms with van der Waals surface area (Å²) in [5.74, 6) is -0.134. The van der Waals surface area contributed by atoms with E-state index in [1.165, 1.54) is 12.5 Å². The molecule has 0 heterocycles. The van der Waals surface area contributed by atoms with Crippen molar-refractivity contribution >= 4 is 17.5 Å². The summed E-state index contributed by atoms with van der Waals surface area (Å²) in [4.78, 5) is 23.0. The van der Waals surface area contributed by atoms with Gasteiger partial charge in [-0.15, -0.1) is 0 Å². The second kappa shape index (κ2) is 10.2. The predicted molar refractivity (Wildman–Crippen MR) is 106 cm³/mol. The Morgan fingerprint density at radius 3 is 2.19 bits per heavy atom. The van der Waals surface area contributed by atoms with Gasteiger partial charge >= 0.3 is 0 Å². The van der Waals surface area contributed by atoms with Gasteiger partial charge in [0.1, 0.15) is 0 Å². The number of nitrogens with one attached hydrogen (secondary N) is 2. The van der Waals surface area contributed by atoms with Crippen molar-refractivity contribution < 1.29 is 9.59 Å². The Morgan fingerprint density at radius 1 is 0.885 bits per heavy atom. The zero-order valence-corrected chi connectivity index (χ0v) is 15.4. The zero-order chi connectivity index (χ0) is 18.8. The molecule has 0 fully saturated rings. The number of anilines is 1. The summed E-state index contributed by atoms with van der Waals surface area (Å²) in [6.07, 6.45) is 4.25. The number of amides is 2. The van der Waals surface area contributed by atoms with Gasteiger partial charge in [0, 0.05) is 25.2 Å². The van der Waals surface area contributed by atoms with Crippen molar-refractivity contribution in [1.82, 2.24) is 5.32 Å². The monoisotopic (exact) mass is 350 g/mol. The van der Waals surface area contributed by atoms with Gasteiger partial charge in [-0.05, 0) is 49.4 Å². The third-order valence-electron chi connectivity index (χ3n) is 4.02. The summed E-state index contributed by atoms with van der Waals surface area (Å²) in [6, 6.07) is 17.9. The minimum atomic E-state index is -0.0839. The molecule has 2 amide bonds. The Balaban J connectivity index is 1.71. The molecule has 0 atom stereocenters. The molecule has 2 N–H and O–H groups in total. The molecule has 0 unspecified atom stereocenters. The van der Waals surface area contributed by atoms with E-state index in [-0.39, 0.29) is 11.8 Å². The van der Waals surface area contributed by atoms with Crippen molar-refractivity contribution in [2.24, 2.45) is 0 Å². The van der Waals surface area contributed by atoms with Crippen LogP contribution in [0.25, 0.3) is 0 Å². The highest BCUT2D eigenvalue weighted by Crippen LogP contribution is 2.10. The van der Waals surface area contributed by atoms with Crippen LogP contribution in [0.5, 0.6) is 0 Å². The lowest BCUT2D eigenvalue weighted by molar-refractivity contribution is -0.116. The third kappa shape index (κ3) is 7.34. The third-order valence-corrected chi connectivity index (χ3v) is 4.02. The number of hydrogen-bond donors (Lipinski definition) is 2. The van der Waals surface area contributed by atoms with Crippen molar-refractivity contribution in [2.75, 3.05) is 11.9 Å². The lowest BCUT2D eigenvalue weighted by Gasteiger charge is -2.06. The summed E-state index contributed by atoms with van der Waals surface area (Å²) in [5, 5.41) is 5.66. The molecule has 2 rings (SSSR count). The van der Waals surface area contributed by atoms with E-state index in [4.69, 9.17) is 0 Å². The maximum atomic E-state index is 12.0. The van der Waals surface area contributed by atoms with Gasteiger partial charge in [-0.25, -0.2) is 0 Å². The van der Waals surface area contributed by atoms with Gasteiger partial charge in [-0.1, -0.05) is 48.0 Å². The Labute approximate surface area is 155 Å². The van der Waals surface area contributed by atoms with Crippen LogP contribution in [0.2, 0.25) is 0 Å². The molecule has 0 saturated heterocycles. The Bertz CT molecular complexity index is 749. The van der Waals surface area contributed by atoms with E-state index >= 15 is 0 Å². The molecular formula is C22H26N2O2. The molecule has 4 nitrogen and oxygen atoms in total. The summed E-state index contributed by atoms with van der Waals surface area (Å²) in [6.45, 7) is 4.06. The van der Waals surface area contributed by atoms with E-state index in [1.54, 1.807) is 6.08 Å². The number of aryl methyl sites for hydroxylation is 1. The molecule has 2 aromatic rings. The van der Waals surface area contributed by atoms with E-state index in [1.807, 2.05) is 49.4 Å².